The van der Waals surface area contributed by atoms with Crippen LogP contribution in [0, 0.1) is 22.7 Å². The number of esters is 1. The van der Waals surface area contributed by atoms with Crippen molar-refractivity contribution in [2.45, 2.75) is 168 Å². The SMILES string of the molecule is CCCCCCCCCC[C@]1(C2(C(=O)OCCC)CCCCC2)CC[C@@H](C2CCCCC2)CC1. The first-order chi connectivity index (χ1) is 16.7. The monoisotopic (exact) mass is 474 g/mol. The van der Waals surface area contributed by atoms with Crippen molar-refractivity contribution in [3.63, 3.8) is 0 Å². The summed E-state index contributed by atoms with van der Waals surface area (Å²) in [4.78, 5) is 13.8. The standard InChI is InChI=1S/C32H58O2/c1-3-5-6-7-8-9-10-15-22-31(25-20-29(21-26-31)28-18-13-11-14-19-28)32(23-16-12-17-24-32)30(33)34-27-4-2/h28-29H,3-27H2,1-2H3/t29-,31+. The van der Waals surface area contributed by atoms with Crippen LogP contribution < -0.4 is 0 Å². The lowest BCUT2D eigenvalue weighted by atomic mass is 9.49. The van der Waals surface area contributed by atoms with Gasteiger partial charge in [-0.05, 0) is 68.6 Å². The minimum atomic E-state index is -0.181. The fourth-order valence-corrected chi connectivity index (χ4v) is 8.27. The highest BCUT2D eigenvalue weighted by atomic mass is 16.5. The predicted molar refractivity (Wildman–Crippen MR) is 145 cm³/mol. The molecule has 0 atom stereocenters. The van der Waals surface area contributed by atoms with E-state index >= 15 is 0 Å². The molecule has 0 spiro atoms. The molecule has 2 heteroatoms. The van der Waals surface area contributed by atoms with Crippen LogP contribution in [0.3, 0.4) is 0 Å². The van der Waals surface area contributed by atoms with Crippen LogP contribution in [0.15, 0.2) is 0 Å². The summed E-state index contributed by atoms with van der Waals surface area (Å²) in [5.41, 5.74) is 0.0324. The highest BCUT2D eigenvalue weighted by Crippen LogP contribution is 2.61. The van der Waals surface area contributed by atoms with Crippen LogP contribution in [0.5, 0.6) is 0 Å². The third-order valence-electron chi connectivity index (χ3n) is 10.4. The third kappa shape index (κ3) is 7.25. The molecule has 198 valence electrons. The minimum absolute atomic E-state index is 0.181. The highest BCUT2D eigenvalue weighted by molar-refractivity contribution is 5.78. The Morgan fingerprint density at radius 3 is 1.82 bits per heavy atom. The average Bonchev–Trinajstić information content (AvgIpc) is 2.90. The van der Waals surface area contributed by atoms with E-state index in [-0.39, 0.29) is 16.8 Å². The van der Waals surface area contributed by atoms with Gasteiger partial charge in [-0.1, -0.05) is 117 Å². The zero-order valence-corrected chi connectivity index (χ0v) is 23.1. The Labute approximate surface area is 212 Å². The van der Waals surface area contributed by atoms with Crippen molar-refractivity contribution in [1.29, 1.82) is 0 Å². The third-order valence-corrected chi connectivity index (χ3v) is 10.4. The number of carbonyl (C=O) groups is 1. The minimum Gasteiger partial charge on any atom is -0.465 e. The lowest BCUT2D eigenvalue weighted by Gasteiger charge is -2.55. The fraction of sp³-hybridized carbons (Fsp3) is 0.969. The second kappa shape index (κ2) is 14.9. The molecule has 0 radical (unpaired) electrons. The smallest absolute Gasteiger partial charge is 0.312 e. The van der Waals surface area contributed by atoms with E-state index in [0.717, 1.165) is 31.1 Å². The lowest BCUT2D eigenvalue weighted by molar-refractivity contribution is -0.175. The van der Waals surface area contributed by atoms with Crippen LogP contribution in [0.25, 0.3) is 0 Å². The summed E-state index contributed by atoms with van der Waals surface area (Å²) in [5.74, 6) is 2.10. The molecule has 0 aromatic heterocycles. The number of unbranched alkanes of at least 4 members (excludes halogenated alkanes) is 7. The Kier molecular flexibility index (Phi) is 12.3. The van der Waals surface area contributed by atoms with Gasteiger partial charge in [0, 0.05) is 0 Å². The van der Waals surface area contributed by atoms with Gasteiger partial charge in [-0.25, -0.2) is 0 Å². The van der Waals surface area contributed by atoms with Crippen molar-refractivity contribution in [3.05, 3.63) is 0 Å². The van der Waals surface area contributed by atoms with E-state index in [1.165, 1.54) is 135 Å². The summed E-state index contributed by atoms with van der Waals surface area (Å²) in [5, 5.41) is 0. The van der Waals surface area contributed by atoms with Crippen LogP contribution in [0.2, 0.25) is 0 Å². The predicted octanol–water partition coefficient (Wildman–Crippen LogP) is 10.2. The topological polar surface area (TPSA) is 26.3 Å². The Bertz CT molecular complexity index is 547. The van der Waals surface area contributed by atoms with Gasteiger partial charge in [0.25, 0.3) is 0 Å². The van der Waals surface area contributed by atoms with Crippen LogP contribution in [0.4, 0.5) is 0 Å². The first-order valence-electron chi connectivity index (χ1n) is 15.8. The molecule has 0 aliphatic heterocycles. The second-order valence-corrected chi connectivity index (χ2v) is 12.5. The van der Waals surface area contributed by atoms with E-state index in [1.807, 2.05) is 0 Å². The number of rotatable bonds is 14. The molecule has 3 fully saturated rings. The van der Waals surface area contributed by atoms with Crippen molar-refractivity contribution >= 4 is 5.97 Å². The molecule has 0 N–H and O–H groups in total. The van der Waals surface area contributed by atoms with Gasteiger partial charge in [0.15, 0.2) is 0 Å². The van der Waals surface area contributed by atoms with E-state index in [9.17, 15) is 4.79 Å². The Hall–Kier alpha value is -0.530. The Balaban J connectivity index is 1.67. The Morgan fingerprint density at radius 2 is 1.21 bits per heavy atom. The molecule has 0 aromatic rings. The van der Waals surface area contributed by atoms with Gasteiger partial charge < -0.3 is 4.74 Å². The maximum atomic E-state index is 13.8. The van der Waals surface area contributed by atoms with E-state index in [4.69, 9.17) is 4.74 Å². The maximum absolute atomic E-state index is 13.8. The zero-order chi connectivity index (χ0) is 24.1. The van der Waals surface area contributed by atoms with Crippen molar-refractivity contribution in [3.8, 4) is 0 Å². The van der Waals surface area contributed by atoms with Gasteiger partial charge in [0.2, 0.25) is 0 Å². The van der Waals surface area contributed by atoms with Crippen molar-refractivity contribution in [2.24, 2.45) is 22.7 Å². The first-order valence-corrected chi connectivity index (χ1v) is 15.8. The van der Waals surface area contributed by atoms with E-state index in [2.05, 4.69) is 13.8 Å². The molecule has 0 bridgehead atoms. The molecule has 3 rings (SSSR count). The fourth-order valence-electron chi connectivity index (χ4n) is 8.27. The molecule has 2 nitrogen and oxygen atoms in total. The van der Waals surface area contributed by atoms with Crippen molar-refractivity contribution < 1.29 is 9.53 Å². The molecule has 0 unspecified atom stereocenters. The molecular weight excluding hydrogens is 416 g/mol. The van der Waals surface area contributed by atoms with Crippen LogP contribution in [0.1, 0.15) is 168 Å². The van der Waals surface area contributed by atoms with E-state index < -0.39 is 0 Å². The summed E-state index contributed by atoms with van der Waals surface area (Å²) in [6.45, 7) is 5.04. The zero-order valence-electron chi connectivity index (χ0n) is 23.1. The van der Waals surface area contributed by atoms with Gasteiger partial charge in [0.05, 0.1) is 12.0 Å². The summed E-state index contributed by atoms with van der Waals surface area (Å²) in [6.07, 6.45) is 31.9. The quantitative estimate of drug-likeness (QED) is 0.185. The molecule has 3 aliphatic rings. The molecular formula is C32H58O2. The van der Waals surface area contributed by atoms with Crippen LogP contribution in [-0.4, -0.2) is 12.6 Å². The molecule has 3 saturated carbocycles. The van der Waals surface area contributed by atoms with Gasteiger partial charge in [-0.2, -0.15) is 0 Å². The summed E-state index contributed by atoms with van der Waals surface area (Å²) < 4.78 is 6.00. The summed E-state index contributed by atoms with van der Waals surface area (Å²) >= 11 is 0. The van der Waals surface area contributed by atoms with Gasteiger partial charge in [-0.3, -0.25) is 4.79 Å². The summed E-state index contributed by atoms with van der Waals surface area (Å²) in [7, 11) is 0. The first kappa shape index (κ1) is 28.0. The number of ether oxygens (including phenoxy) is 1. The maximum Gasteiger partial charge on any atom is 0.312 e. The van der Waals surface area contributed by atoms with E-state index in [1.54, 1.807) is 0 Å². The number of carbonyl (C=O) groups excluding carboxylic acids is 1. The van der Waals surface area contributed by atoms with Crippen LogP contribution >= 0.6 is 0 Å². The van der Waals surface area contributed by atoms with Crippen molar-refractivity contribution in [2.75, 3.05) is 6.61 Å². The van der Waals surface area contributed by atoms with Gasteiger partial charge in [-0.15, -0.1) is 0 Å². The lowest BCUT2D eigenvalue weighted by Crippen LogP contribution is -2.52. The summed E-state index contributed by atoms with van der Waals surface area (Å²) in [6, 6.07) is 0. The normalized spacial score (nSPS) is 28.0. The van der Waals surface area contributed by atoms with Gasteiger partial charge in [0.1, 0.15) is 0 Å². The molecule has 34 heavy (non-hydrogen) atoms. The molecule has 0 amide bonds. The van der Waals surface area contributed by atoms with Gasteiger partial charge >= 0.3 is 5.97 Å². The largest absolute Gasteiger partial charge is 0.465 e. The molecule has 3 aliphatic carbocycles. The molecule has 0 heterocycles. The van der Waals surface area contributed by atoms with Crippen molar-refractivity contribution in [1.82, 2.24) is 0 Å². The highest BCUT2D eigenvalue weighted by Gasteiger charge is 2.57. The van der Waals surface area contributed by atoms with E-state index in [0.29, 0.717) is 6.61 Å². The number of hydrogen-bond acceptors (Lipinski definition) is 2. The number of hydrogen-bond donors (Lipinski definition) is 0. The van der Waals surface area contributed by atoms with Crippen LogP contribution in [-0.2, 0) is 9.53 Å². The average molecular weight is 475 g/mol. The molecule has 0 saturated heterocycles. The second-order valence-electron chi connectivity index (χ2n) is 12.5. The Morgan fingerprint density at radius 1 is 0.647 bits per heavy atom. The molecule has 0 aromatic carbocycles.